The van der Waals surface area contributed by atoms with Crippen molar-refractivity contribution in [2.24, 2.45) is 0 Å². The van der Waals surface area contributed by atoms with E-state index in [-0.39, 0.29) is 15.7 Å². The van der Waals surface area contributed by atoms with Gasteiger partial charge in [-0.3, -0.25) is 0 Å². The number of hydrogen-bond acceptors (Lipinski definition) is 2. The van der Waals surface area contributed by atoms with E-state index in [1.807, 2.05) is 6.26 Å². The minimum absolute atomic E-state index is 0.101. The zero-order valence-corrected chi connectivity index (χ0v) is 11.8. The molecule has 0 spiro atoms. The van der Waals surface area contributed by atoms with Crippen LogP contribution in [0.2, 0.25) is 10.0 Å². The summed E-state index contributed by atoms with van der Waals surface area (Å²) in [4.78, 5) is 0.854. The largest absolute Gasteiger partial charge is 0.416 e. The number of alkyl halides is 3. The standard InChI is InChI=1S/C11H7Cl2F3N2S/c1-19-7-4-17-18(5-7)10-8(12)2-6(3-9(10)13)11(14,15)16/h2-5H,1H3. The summed E-state index contributed by atoms with van der Waals surface area (Å²) in [5, 5.41) is 3.81. The van der Waals surface area contributed by atoms with Crippen LogP contribution in [-0.2, 0) is 6.18 Å². The Hall–Kier alpha value is -0.850. The smallest absolute Gasteiger partial charge is 0.237 e. The monoisotopic (exact) mass is 326 g/mol. The zero-order valence-electron chi connectivity index (χ0n) is 9.50. The zero-order chi connectivity index (χ0) is 14.2. The molecule has 1 aromatic heterocycles. The predicted molar refractivity (Wildman–Crippen MR) is 70.4 cm³/mol. The molecule has 0 radical (unpaired) electrons. The first-order valence-electron chi connectivity index (χ1n) is 4.98. The molecule has 0 unspecified atom stereocenters. The maximum atomic E-state index is 12.6. The second-order valence-corrected chi connectivity index (χ2v) is 5.31. The van der Waals surface area contributed by atoms with Gasteiger partial charge in [-0.1, -0.05) is 23.2 Å². The highest BCUT2D eigenvalue weighted by molar-refractivity contribution is 7.98. The molecule has 19 heavy (non-hydrogen) atoms. The van der Waals surface area contributed by atoms with Gasteiger partial charge in [0.2, 0.25) is 0 Å². The van der Waals surface area contributed by atoms with E-state index in [1.165, 1.54) is 16.4 Å². The van der Waals surface area contributed by atoms with Crippen molar-refractivity contribution in [2.75, 3.05) is 6.26 Å². The van der Waals surface area contributed by atoms with Crippen LogP contribution in [0.5, 0.6) is 0 Å². The van der Waals surface area contributed by atoms with Gasteiger partial charge >= 0.3 is 6.18 Å². The Kier molecular flexibility index (Phi) is 4.03. The summed E-state index contributed by atoms with van der Waals surface area (Å²) in [5.41, 5.74) is -0.653. The van der Waals surface area contributed by atoms with Crippen molar-refractivity contribution in [1.29, 1.82) is 0 Å². The van der Waals surface area contributed by atoms with Crippen LogP contribution >= 0.6 is 35.0 Å². The molecule has 0 amide bonds. The first-order valence-corrected chi connectivity index (χ1v) is 6.96. The molecule has 0 saturated carbocycles. The molecule has 2 rings (SSSR count). The molecule has 0 bridgehead atoms. The minimum Gasteiger partial charge on any atom is -0.237 e. The van der Waals surface area contributed by atoms with Crippen molar-refractivity contribution >= 4 is 35.0 Å². The number of aromatic nitrogens is 2. The fourth-order valence-electron chi connectivity index (χ4n) is 1.48. The van der Waals surface area contributed by atoms with E-state index < -0.39 is 11.7 Å². The van der Waals surface area contributed by atoms with Crippen LogP contribution in [-0.4, -0.2) is 16.0 Å². The number of hydrogen-bond donors (Lipinski definition) is 0. The van der Waals surface area contributed by atoms with Gasteiger partial charge < -0.3 is 0 Å². The Bertz CT molecular complexity index is 587. The molecular formula is C11H7Cl2F3N2S. The number of rotatable bonds is 2. The van der Waals surface area contributed by atoms with Crippen LogP contribution in [0, 0.1) is 0 Å². The Morgan fingerprint density at radius 2 is 1.79 bits per heavy atom. The molecular weight excluding hydrogens is 320 g/mol. The van der Waals surface area contributed by atoms with Gasteiger partial charge in [0.05, 0.1) is 21.8 Å². The van der Waals surface area contributed by atoms with E-state index in [1.54, 1.807) is 12.4 Å². The summed E-state index contributed by atoms with van der Waals surface area (Å²) in [6, 6.07) is 1.67. The first-order chi connectivity index (χ1) is 8.82. The summed E-state index contributed by atoms with van der Waals surface area (Å²) >= 11 is 13.2. The Morgan fingerprint density at radius 3 is 2.21 bits per heavy atom. The van der Waals surface area contributed by atoms with E-state index in [0.29, 0.717) is 0 Å². The van der Waals surface area contributed by atoms with Gasteiger partial charge in [0, 0.05) is 11.1 Å². The highest BCUT2D eigenvalue weighted by atomic mass is 35.5. The van der Waals surface area contributed by atoms with Crippen LogP contribution in [0.3, 0.4) is 0 Å². The molecule has 0 fully saturated rings. The molecule has 1 aromatic carbocycles. The van der Waals surface area contributed by atoms with E-state index in [9.17, 15) is 13.2 Å². The number of benzene rings is 1. The van der Waals surface area contributed by atoms with Gasteiger partial charge in [0.25, 0.3) is 0 Å². The Labute approximate surface area is 121 Å². The molecule has 0 aliphatic rings. The molecule has 0 atom stereocenters. The highest BCUT2D eigenvalue weighted by Crippen LogP contribution is 2.37. The molecule has 0 saturated heterocycles. The van der Waals surface area contributed by atoms with Crippen LogP contribution in [0.15, 0.2) is 29.4 Å². The normalized spacial score (nSPS) is 11.9. The van der Waals surface area contributed by atoms with Gasteiger partial charge in [-0.05, 0) is 18.4 Å². The quantitative estimate of drug-likeness (QED) is 0.729. The Morgan fingerprint density at radius 1 is 1.21 bits per heavy atom. The third kappa shape index (κ3) is 3.01. The lowest BCUT2D eigenvalue weighted by Gasteiger charge is -2.12. The fraction of sp³-hybridized carbons (Fsp3) is 0.182. The van der Waals surface area contributed by atoms with Crippen LogP contribution in [0.4, 0.5) is 13.2 Å². The summed E-state index contributed by atoms with van der Waals surface area (Å²) < 4.78 is 39.2. The molecule has 2 nitrogen and oxygen atoms in total. The van der Waals surface area contributed by atoms with Gasteiger partial charge in [-0.25, -0.2) is 4.68 Å². The number of halogens is 5. The topological polar surface area (TPSA) is 17.8 Å². The van der Waals surface area contributed by atoms with E-state index >= 15 is 0 Å². The van der Waals surface area contributed by atoms with Gasteiger partial charge in [0.1, 0.15) is 5.69 Å². The van der Waals surface area contributed by atoms with Gasteiger partial charge in [-0.2, -0.15) is 18.3 Å². The lowest BCUT2D eigenvalue weighted by Crippen LogP contribution is -2.06. The summed E-state index contributed by atoms with van der Waals surface area (Å²) in [5.74, 6) is 0. The molecule has 2 aromatic rings. The average Bonchev–Trinajstić information content (AvgIpc) is 2.75. The summed E-state index contributed by atoms with van der Waals surface area (Å²) in [6.45, 7) is 0. The van der Waals surface area contributed by atoms with Crippen molar-refractivity contribution in [3.63, 3.8) is 0 Å². The van der Waals surface area contributed by atoms with Crippen LogP contribution in [0.1, 0.15) is 5.56 Å². The van der Waals surface area contributed by atoms with Crippen molar-refractivity contribution in [3.05, 3.63) is 40.1 Å². The average molecular weight is 327 g/mol. The lowest BCUT2D eigenvalue weighted by molar-refractivity contribution is -0.137. The first kappa shape index (κ1) is 14.6. The third-order valence-corrected chi connectivity index (χ3v) is 3.63. The van der Waals surface area contributed by atoms with E-state index in [0.717, 1.165) is 17.0 Å². The second-order valence-electron chi connectivity index (χ2n) is 3.61. The van der Waals surface area contributed by atoms with Crippen LogP contribution in [0.25, 0.3) is 5.69 Å². The summed E-state index contributed by atoms with van der Waals surface area (Å²) in [7, 11) is 0. The summed E-state index contributed by atoms with van der Waals surface area (Å²) in [6.07, 6.45) is 0.595. The molecule has 0 aliphatic heterocycles. The molecule has 8 heteroatoms. The van der Waals surface area contributed by atoms with E-state index in [2.05, 4.69) is 5.10 Å². The molecule has 1 heterocycles. The maximum Gasteiger partial charge on any atom is 0.416 e. The number of thioether (sulfide) groups is 1. The second kappa shape index (κ2) is 5.26. The molecule has 102 valence electrons. The fourth-order valence-corrected chi connectivity index (χ4v) is 2.50. The highest BCUT2D eigenvalue weighted by Gasteiger charge is 2.32. The predicted octanol–water partition coefficient (Wildman–Crippen LogP) is 4.92. The van der Waals surface area contributed by atoms with Crippen molar-refractivity contribution in [2.45, 2.75) is 11.1 Å². The van der Waals surface area contributed by atoms with Crippen LogP contribution < -0.4 is 0 Å². The molecule has 0 aliphatic carbocycles. The van der Waals surface area contributed by atoms with Crippen molar-refractivity contribution in [1.82, 2.24) is 9.78 Å². The minimum atomic E-state index is -4.49. The van der Waals surface area contributed by atoms with Gasteiger partial charge in [-0.15, -0.1) is 11.8 Å². The van der Waals surface area contributed by atoms with Gasteiger partial charge in [0.15, 0.2) is 0 Å². The van der Waals surface area contributed by atoms with E-state index in [4.69, 9.17) is 23.2 Å². The third-order valence-electron chi connectivity index (χ3n) is 2.37. The van der Waals surface area contributed by atoms with Crippen molar-refractivity contribution in [3.8, 4) is 5.69 Å². The SMILES string of the molecule is CSc1cnn(-c2c(Cl)cc(C(F)(F)F)cc2Cl)c1. The Balaban J connectivity index is 2.53. The maximum absolute atomic E-state index is 12.6. The molecule has 0 N–H and O–H groups in total. The lowest BCUT2D eigenvalue weighted by atomic mass is 10.2. The number of nitrogens with zero attached hydrogens (tertiary/aromatic N) is 2. The van der Waals surface area contributed by atoms with Crippen molar-refractivity contribution < 1.29 is 13.2 Å².